The lowest BCUT2D eigenvalue weighted by atomic mass is 10.2. The van der Waals surface area contributed by atoms with E-state index in [4.69, 9.17) is 10.7 Å². The van der Waals surface area contributed by atoms with Crippen molar-refractivity contribution in [2.75, 3.05) is 12.3 Å². The van der Waals surface area contributed by atoms with Gasteiger partial charge in [-0.1, -0.05) is 6.92 Å². The summed E-state index contributed by atoms with van der Waals surface area (Å²) in [5.74, 6) is 0.831. The maximum atomic E-state index is 11.0. The van der Waals surface area contributed by atoms with Crippen LogP contribution in [0.15, 0.2) is 0 Å². The Labute approximate surface area is 82.0 Å². The van der Waals surface area contributed by atoms with Crippen molar-refractivity contribution in [1.82, 2.24) is 4.31 Å². The topological polar surface area (TPSA) is 37.4 Å². The maximum Gasteiger partial charge on any atom is 0.300 e. The van der Waals surface area contributed by atoms with Crippen LogP contribution >= 0.6 is 22.4 Å². The molecule has 0 amide bonds. The molecule has 0 radical (unpaired) electrons. The quantitative estimate of drug-likeness (QED) is 0.636. The standard InChI is InChI=1S/C6H12ClNO2S2/c1-5-6(2)11-4-3-8(5)12(7,9)10/h5-6H,3-4H2,1-2H3. The molecule has 2 unspecified atom stereocenters. The molecule has 0 N–H and O–H groups in total. The highest BCUT2D eigenvalue weighted by Crippen LogP contribution is 2.27. The van der Waals surface area contributed by atoms with Crippen molar-refractivity contribution in [3.05, 3.63) is 0 Å². The lowest BCUT2D eigenvalue weighted by molar-refractivity contribution is 0.347. The largest absolute Gasteiger partial charge is 0.300 e. The molecule has 0 aromatic carbocycles. The van der Waals surface area contributed by atoms with Crippen LogP contribution in [0.2, 0.25) is 0 Å². The Bertz CT molecular complexity index is 254. The van der Waals surface area contributed by atoms with E-state index in [1.165, 1.54) is 4.31 Å². The van der Waals surface area contributed by atoms with Crippen molar-refractivity contribution in [2.24, 2.45) is 0 Å². The van der Waals surface area contributed by atoms with E-state index in [9.17, 15) is 8.42 Å². The van der Waals surface area contributed by atoms with E-state index in [0.29, 0.717) is 11.8 Å². The fourth-order valence-electron chi connectivity index (χ4n) is 1.21. The van der Waals surface area contributed by atoms with E-state index in [-0.39, 0.29) is 6.04 Å². The van der Waals surface area contributed by atoms with Gasteiger partial charge in [0.15, 0.2) is 0 Å². The third kappa shape index (κ3) is 2.28. The fourth-order valence-corrected chi connectivity index (χ4v) is 3.98. The zero-order valence-corrected chi connectivity index (χ0v) is 9.42. The summed E-state index contributed by atoms with van der Waals surface area (Å²) in [5.41, 5.74) is 0. The summed E-state index contributed by atoms with van der Waals surface area (Å²) in [4.78, 5) is 0. The zero-order chi connectivity index (χ0) is 9.35. The smallest absolute Gasteiger partial charge is 0.195 e. The van der Waals surface area contributed by atoms with Crippen molar-refractivity contribution in [3.63, 3.8) is 0 Å². The van der Waals surface area contributed by atoms with Crippen LogP contribution in [0.3, 0.4) is 0 Å². The number of hydrogen-bond donors (Lipinski definition) is 0. The second kappa shape index (κ2) is 3.74. The molecule has 3 nitrogen and oxygen atoms in total. The second-order valence-corrected chi connectivity index (χ2v) is 6.82. The van der Waals surface area contributed by atoms with Gasteiger partial charge in [0.1, 0.15) is 0 Å². The van der Waals surface area contributed by atoms with Crippen molar-refractivity contribution in [2.45, 2.75) is 25.1 Å². The van der Waals surface area contributed by atoms with Crippen LogP contribution in [-0.2, 0) is 9.24 Å². The highest BCUT2D eigenvalue weighted by molar-refractivity contribution is 8.12. The molecule has 1 heterocycles. The molecular formula is C6H12ClNO2S2. The number of nitrogens with zero attached hydrogens (tertiary/aromatic N) is 1. The number of hydrogen-bond acceptors (Lipinski definition) is 3. The minimum Gasteiger partial charge on any atom is -0.195 e. The third-order valence-electron chi connectivity index (χ3n) is 2.11. The van der Waals surface area contributed by atoms with Gasteiger partial charge in [-0.2, -0.15) is 24.5 Å². The summed E-state index contributed by atoms with van der Waals surface area (Å²) in [5, 5.41) is 0.326. The third-order valence-corrected chi connectivity index (χ3v) is 5.05. The second-order valence-electron chi connectivity index (χ2n) is 2.87. The summed E-state index contributed by atoms with van der Waals surface area (Å²) < 4.78 is 23.4. The van der Waals surface area contributed by atoms with Crippen molar-refractivity contribution in [1.29, 1.82) is 0 Å². The van der Waals surface area contributed by atoms with E-state index in [0.717, 1.165) is 5.75 Å². The highest BCUT2D eigenvalue weighted by Gasteiger charge is 2.32. The molecule has 1 fully saturated rings. The van der Waals surface area contributed by atoms with Crippen LogP contribution < -0.4 is 0 Å². The normalized spacial score (nSPS) is 33.6. The van der Waals surface area contributed by atoms with E-state index < -0.39 is 9.24 Å². The molecule has 72 valence electrons. The van der Waals surface area contributed by atoms with E-state index in [1.54, 1.807) is 11.8 Å². The van der Waals surface area contributed by atoms with Gasteiger partial charge in [0.2, 0.25) is 0 Å². The van der Waals surface area contributed by atoms with E-state index in [2.05, 4.69) is 0 Å². The van der Waals surface area contributed by atoms with Crippen molar-refractivity contribution >= 4 is 31.7 Å². The Morgan fingerprint density at radius 2 is 2.08 bits per heavy atom. The van der Waals surface area contributed by atoms with Crippen LogP contribution in [0, 0.1) is 0 Å². The molecule has 0 aromatic heterocycles. The Morgan fingerprint density at radius 3 is 2.50 bits per heavy atom. The van der Waals surface area contributed by atoms with Crippen molar-refractivity contribution in [3.8, 4) is 0 Å². The van der Waals surface area contributed by atoms with Crippen LogP contribution in [0.25, 0.3) is 0 Å². The molecular weight excluding hydrogens is 218 g/mol. The molecule has 0 spiro atoms. The molecule has 6 heteroatoms. The Balaban J connectivity index is 2.78. The molecule has 1 aliphatic heterocycles. The molecule has 2 atom stereocenters. The van der Waals surface area contributed by atoms with Crippen LogP contribution in [0.5, 0.6) is 0 Å². The lowest BCUT2D eigenvalue weighted by Gasteiger charge is -2.34. The predicted octanol–water partition coefficient (Wildman–Crippen LogP) is 1.30. The lowest BCUT2D eigenvalue weighted by Crippen LogP contribution is -2.46. The minimum atomic E-state index is -3.52. The molecule has 0 bridgehead atoms. The van der Waals surface area contributed by atoms with Gasteiger partial charge >= 0.3 is 0 Å². The summed E-state index contributed by atoms with van der Waals surface area (Å²) in [6.07, 6.45) is 0. The molecule has 1 saturated heterocycles. The van der Waals surface area contributed by atoms with E-state index >= 15 is 0 Å². The van der Waals surface area contributed by atoms with Crippen LogP contribution in [0.4, 0.5) is 0 Å². The summed E-state index contributed by atoms with van der Waals surface area (Å²) in [7, 11) is 1.75. The first-order chi connectivity index (χ1) is 5.43. The molecule has 0 aromatic rings. The first-order valence-electron chi connectivity index (χ1n) is 3.76. The minimum absolute atomic E-state index is 0.00579. The summed E-state index contributed by atoms with van der Waals surface area (Å²) in [6, 6.07) is 0.00579. The number of thioether (sulfide) groups is 1. The zero-order valence-electron chi connectivity index (χ0n) is 7.03. The SMILES string of the molecule is CC1SCCN(S(=O)(=O)Cl)C1C. The first-order valence-corrected chi connectivity index (χ1v) is 7.07. The maximum absolute atomic E-state index is 11.0. The van der Waals surface area contributed by atoms with Gasteiger partial charge in [-0.15, -0.1) is 0 Å². The van der Waals surface area contributed by atoms with Gasteiger partial charge in [0.25, 0.3) is 9.24 Å². The summed E-state index contributed by atoms with van der Waals surface area (Å²) in [6.45, 7) is 4.43. The van der Waals surface area contributed by atoms with Gasteiger partial charge in [-0.05, 0) is 6.92 Å². The van der Waals surface area contributed by atoms with Gasteiger partial charge in [0.05, 0.1) is 0 Å². The average Bonchev–Trinajstić information content (AvgIpc) is 1.92. The molecule has 1 rings (SSSR count). The monoisotopic (exact) mass is 229 g/mol. The van der Waals surface area contributed by atoms with Crippen molar-refractivity contribution < 1.29 is 8.42 Å². The molecule has 12 heavy (non-hydrogen) atoms. The fraction of sp³-hybridized carbons (Fsp3) is 1.00. The Kier molecular flexibility index (Phi) is 3.31. The van der Waals surface area contributed by atoms with Gasteiger partial charge in [-0.25, -0.2) is 0 Å². The Morgan fingerprint density at radius 1 is 1.50 bits per heavy atom. The number of halogens is 1. The van der Waals surface area contributed by atoms with Gasteiger partial charge in [-0.3, -0.25) is 0 Å². The number of rotatable bonds is 1. The Hall–Kier alpha value is 0.550. The molecule has 0 aliphatic carbocycles. The van der Waals surface area contributed by atoms with Gasteiger partial charge < -0.3 is 0 Å². The first kappa shape index (κ1) is 10.6. The van der Waals surface area contributed by atoms with Gasteiger partial charge in [0, 0.05) is 34.3 Å². The van der Waals surface area contributed by atoms with Crippen LogP contribution in [0.1, 0.15) is 13.8 Å². The van der Waals surface area contributed by atoms with E-state index in [1.807, 2.05) is 13.8 Å². The predicted molar refractivity (Wildman–Crippen MR) is 52.9 cm³/mol. The summed E-state index contributed by atoms with van der Waals surface area (Å²) >= 11 is 1.78. The molecule has 1 aliphatic rings. The average molecular weight is 230 g/mol. The van der Waals surface area contributed by atoms with Crippen LogP contribution in [-0.4, -0.2) is 36.3 Å². The highest BCUT2D eigenvalue weighted by atomic mass is 35.7. The molecule has 0 saturated carbocycles.